The fraction of sp³-hybridized carbons (Fsp3) is 0.417. The zero-order valence-electron chi connectivity index (χ0n) is 20.1. The van der Waals surface area contributed by atoms with Gasteiger partial charge in [0, 0.05) is 12.6 Å². The summed E-state index contributed by atoms with van der Waals surface area (Å²) >= 11 is 18.3. The Morgan fingerprint density at radius 1 is 1.00 bits per heavy atom. The average molecular weight is 563 g/mol. The standard InChI is InChI=1S/C24H30Cl3N3O4S/c1-5-16(2)28-24(32)17(3)29(12-11-18-9-7-6-8-10-18)23(31)15-30(35(4,33)34)22-14-20(26)19(25)13-21(22)27/h6-10,13-14,16-17H,5,11-12,15H2,1-4H3,(H,28,32). The Labute approximate surface area is 222 Å². The molecule has 0 fully saturated rings. The highest BCUT2D eigenvalue weighted by molar-refractivity contribution is 7.92. The van der Waals surface area contributed by atoms with Crippen molar-refractivity contribution in [3.63, 3.8) is 0 Å². The molecule has 0 saturated carbocycles. The van der Waals surface area contributed by atoms with Crippen LogP contribution in [0.1, 0.15) is 32.8 Å². The molecule has 11 heteroatoms. The monoisotopic (exact) mass is 561 g/mol. The number of nitrogens with one attached hydrogen (secondary N) is 1. The van der Waals surface area contributed by atoms with Crippen LogP contribution < -0.4 is 9.62 Å². The molecule has 35 heavy (non-hydrogen) atoms. The van der Waals surface area contributed by atoms with Gasteiger partial charge in [-0.2, -0.15) is 0 Å². The first-order valence-electron chi connectivity index (χ1n) is 11.1. The Morgan fingerprint density at radius 3 is 2.17 bits per heavy atom. The molecule has 0 spiro atoms. The molecule has 0 saturated heterocycles. The van der Waals surface area contributed by atoms with Crippen LogP contribution in [0.4, 0.5) is 5.69 Å². The van der Waals surface area contributed by atoms with E-state index >= 15 is 0 Å². The summed E-state index contributed by atoms with van der Waals surface area (Å²) in [6.07, 6.45) is 2.18. The molecule has 2 rings (SSSR count). The highest BCUT2D eigenvalue weighted by atomic mass is 35.5. The molecule has 2 aromatic carbocycles. The van der Waals surface area contributed by atoms with Crippen LogP contribution in [0.3, 0.4) is 0 Å². The Balaban J connectivity index is 2.38. The second-order valence-corrected chi connectivity index (χ2v) is 11.4. The van der Waals surface area contributed by atoms with Crippen molar-refractivity contribution in [2.45, 2.75) is 45.7 Å². The van der Waals surface area contributed by atoms with Crippen LogP contribution in [0.15, 0.2) is 42.5 Å². The number of hydrogen-bond acceptors (Lipinski definition) is 4. The lowest BCUT2D eigenvalue weighted by Gasteiger charge is -2.32. The molecular weight excluding hydrogens is 533 g/mol. The van der Waals surface area contributed by atoms with E-state index in [0.29, 0.717) is 6.42 Å². The fourth-order valence-electron chi connectivity index (χ4n) is 3.33. The normalized spacial score (nSPS) is 13.1. The van der Waals surface area contributed by atoms with Gasteiger partial charge in [-0.1, -0.05) is 72.1 Å². The quantitative estimate of drug-likeness (QED) is 0.399. The van der Waals surface area contributed by atoms with Gasteiger partial charge in [0.05, 0.1) is 27.0 Å². The Bertz CT molecular complexity index is 1150. The van der Waals surface area contributed by atoms with Crippen LogP contribution in [-0.4, -0.2) is 56.6 Å². The van der Waals surface area contributed by atoms with E-state index in [9.17, 15) is 18.0 Å². The zero-order valence-corrected chi connectivity index (χ0v) is 23.2. The van der Waals surface area contributed by atoms with E-state index in [2.05, 4.69) is 5.32 Å². The Kier molecular flexibility index (Phi) is 10.7. The van der Waals surface area contributed by atoms with Crippen molar-refractivity contribution in [3.05, 3.63) is 63.1 Å². The molecule has 2 atom stereocenters. The van der Waals surface area contributed by atoms with Crippen molar-refractivity contribution in [2.75, 3.05) is 23.7 Å². The highest BCUT2D eigenvalue weighted by Crippen LogP contribution is 2.35. The van der Waals surface area contributed by atoms with Crippen molar-refractivity contribution in [1.82, 2.24) is 10.2 Å². The highest BCUT2D eigenvalue weighted by Gasteiger charge is 2.31. The number of anilines is 1. The van der Waals surface area contributed by atoms with Gasteiger partial charge in [-0.25, -0.2) is 8.42 Å². The summed E-state index contributed by atoms with van der Waals surface area (Å²) in [4.78, 5) is 27.7. The van der Waals surface area contributed by atoms with E-state index in [1.165, 1.54) is 17.0 Å². The maximum atomic E-state index is 13.5. The molecule has 192 valence electrons. The first-order valence-corrected chi connectivity index (χ1v) is 14.1. The van der Waals surface area contributed by atoms with Crippen LogP contribution in [-0.2, 0) is 26.0 Å². The zero-order chi connectivity index (χ0) is 26.3. The molecule has 2 unspecified atom stereocenters. The van der Waals surface area contributed by atoms with Crippen molar-refractivity contribution < 1.29 is 18.0 Å². The van der Waals surface area contributed by atoms with Crippen LogP contribution in [0, 0.1) is 0 Å². The minimum Gasteiger partial charge on any atom is -0.352 e. The first-order chi connectivity index (χ1) is 16.3. The predicted molar refractivity (Wildman–Crippen MR) is 143 cm³/mol. The van der Waals surface area contributed by atoms with E-state index in [4.69, 9.17) is 34.8 Å². The second-order valence-electron chi connectivity index (χ2n) is 8.30. The van der Waals surface area contributed by atoms with E-state index in [1.807, 2.05) is 44.2 Å². The molecule has 0 aliphatic carbocycles. The summed E-state index contributed by atoms with van der Waals surface area (Å²) in [6.45, 7) is 5.09. The van der Waals surface area contributed by atoms with Crippen molar-refractivity contribution in [3.8, 4) is 0 Å². The fourth-order valence-corrected chi connectivity index (χ4v) is 4.88. The predicted octanol–water partition coefficient (Wildman–Crippen LogP) is 4.79. The molecular formula is C24H30Cl3N3O4S. The van der Waals surface area contributed by atoms with E-state index < -0.39 is 28.5 Å². The Hall–Kier alpha value is -2.00. The number of hydrogen-bond donors (Lipinski definition) is 1. The van der Waals surface area contributed by atoms with E-state index in [0.717, 1.165) is 22.5 Å². The van der Waals surface area contributed by atoms with Crippen LogP contribution >= 0.6 is 34.8 Å². The topological polar surface area (TPSA) is 86.8 Å². The SMILES string of the molecule is CCC(C)NC(=O)C(C)N(CCc1ccccc1)C(=O)CN(c1cc(Cl)c(Cl)cc1Cl)S(C)(=O)=O. The van der Waals surface area contributed by atoms with E-state index in [1.54, 1.807) is 6.92 Å². The smallest absolute Gasteiger partial charge is 0.244 e. The number of rotatable bonds is 11. The van der Waals surface area contributed by atoms with Crippen molar-refractivity contribution in [2.24, 2.45) is 0 Å². The first kappa shape index (κ1) is 29.2. The van der Waals surface area contributed by atoms with Crippen molar-refractivity contribution in [1.29, 1.82) is 0 Å². The minimum absolute atomic E-state index is 0.0241. The largest absolute Gasteiger partial charge is 0.352 e. The molecule has 0 bridgehead atoms. The molecule has 1 N–H and O–H groups in total. The van der Waals surface area contributed by atoms with Gasteiger partial charge >= 0.3 is 0 Å². The third kappa shape index (κ3) is 8.27. The third-order valence-electron chi connectivity index (χ3n) is 5.59. The van der Waals surface area contributed by atoms with Crippen LogP contribution in [0.2, 0.25) is 15.1 Å². The van der Waals surface area contributed by atoms with Gasteiger partial charge in [0.2, 0.25) is 21.8 Å². The lowest BCUT2D eigenvalue weighted by Crippen LogP contribution is -2.53. The number of carbonyl (C=O) groups excluding carboxylic acids is 2. The maximum Gasteiger partial charge on any atom is 0.244 e. The molecule has 0 aromatic heterocycles. The average Bonchev–Trinajstić information content (AvgIpc) is 2.79. The van der Waals surface area contributed by atoms with Gasteiger partial charge in [-0.15, -0.1) is 0 Å². The molecule has 0 aliphatic heterocycles. The van der Waals surface area contributed by atoms with Crippen LogP contribution in [0.25, 0.3) is 0 Å². The van der Waals surface area contributed by atoms with E-state index in [-0.39, 0.29) is 39.2 Å². The number of amides is 2. The van der Waals surface area contributed by atoms with Gasteiger partial charge < -0.3 is 10.2 Å². The molecule has 0 radical (unpaired) electrons. The molecule has 0 aliphatic rings. The molecule has 7 nitrogen and oxygen atoms in total. The lowest BCUT2D eigenvalue weighted by molar-refractivity contribution is -0.139. The van der Waals surface area contributed by atoms with Gasteiger partial charge in [0.15, 0.2) is 0 Å². The molecule has 2 aromatic rings. The minimum atomic E-state index is -3.94. The number of nitrogens with zero attached hydrogens (tertiary/aromatic N) is 2. The van der Waals surface area contributed by atoms with Crippen molar-refractivity contribution >= 4 is 62.3 Å². The summed E-state index contributed by atoms with van der Waals surface area (Å²) in [7, 11) is -3.94. The van der Waals surface area contributed by atoms with Gasteiger partial charge in [-0.3, -0.25) is 13.9 Å². The number of sulfonamides is 1. The summed E-state index contributed by atoms with van der Waals surface area (Å²) in [5, 5.41) is 3.15. The van der Waals surface area contributed by atoms with Crippen LogP contribution in [0.5, 0.6) is 0 Å². The molecule has 0 heterocycles. The summed E-state index contributed by atoms with van der Waals surface area (Å²) < 4.78 is 26.2. The van der Waals surface area contributed by atoms with Gasteiger partial charge in [-0.05, 0) is 44.4 Å². The van der Waals surface area contributed by atoms with Gasteiger partial charge in [0.1, 0.15) is 12.6 Å². The van der Waals surface area contributed by atoms with Gasteiger partial charge in [0.25, 0.3) is 0 Å². The summed E-state index contributed by atoms with van der Waals surface area (Å²) in [5.41, 5.74) is 1.00. The maximum absolute atomic E-state index is 13.5. The summed E-state index contributed by atoms with van der Waals surface area (Å²) in [6, 6.07) is 11.2. The lowest BCUT2D eigenvalue weighted by atomic mass is 10.1. The second kappa shape index (κ2) is 12.8. The number of benzene rings is 2. The Morgan fingerprint density at radius 2 is 1.60 bits per heavy atom. The molecule has 2 amide bonds. The number of carbonyl (C=O) groups is 2. The number of halogens is 3. The summed E-state index contributed by atoms with van der Waals surface area (Å²) in [5.74, 6) is -0.875. The third-order valence-corrected chi connectivity index (χ3v) is 7.74.